The van der Waals surface area contributed by atoms with E-state index < -0.39 is 0 Å². The molecule has 0 spiro atoms. The fourth-order valence-electron chi connectivity index (χ4n) is 3.63. The lowest BCUT2D eigenvalue weighted by Crippen LogP contribution is -2.36. The minimum atomic E-state index is -0.110. The molecule has 1 aliphatic heterocycles. The van der Waals surface area contributed by atoms with E-state index in [-0.39, 0.29) is 11.5 Å². The lowest BCUT2D eigenvalue weighted by atomic mass is 10.1. The summed E-state index contributed by atoms with van der Waals surface area (Å²) in [6.45, 7) is 7.00. The Morgan fingerprint density at radius 3 is 2.59 bits per heavy atom. The highest BCUT2D eigenvalue weighted by Gasteiger charge is 2.20. The van der Waals surface area contributed by atoms with Crippen molar-refractivity contribution in [2.75, 3.05) is 32.7 Å². The van der Waals surface area contributed by atoms with Gasteiger partial charge in [0.25, 0.3) is 11.5 Å². The summed E-state index contributed by atoms with van der Waals surface area (Å²) < 4.78 is 1.60. The Hall–Kier alpha value is -2.40. The fraction of sp³-hybridized carbons (Fsp3) is 0.455. The van der Waals surface area contributed by atoms with Gasteiger partial charge in [0.15, 0.2) is 0 Å². The Bertz CT molecular complexity index is 801. The summed E-state index contributed by atoms with van der Waals surface area (Å²) in [5.41, 5.74) is 1.77. The SMILES string of the molecule is CCn1ccc(C(=O)N2CCCN(CCCc3ccccc3)CC2)cc1=O. The van der Waals surface area contributed by atoms with Gasteiger partial charge in [0.1, 0.15) is 0 Å². The quantitative estimate of drug-likeness (QED) is 0.789. The van der Waals surface area contributed by atoms with Crippen molar-refractivity contribution < 1.29 is 4.79 Å². The van der Waals surface area contributed by atoms with Crippen molar-refractivity contribution in [3.63, 3.8) is 0 Å². The maximum absolute atomic E-state index is 12.8. The van der Waals surface area contributed by atoms with E-state index in [1.165, 1.54) is 11.6 Å². The van der Waals surface area contributed by atoms with Crippen molar-refractivity contribution in [3.8, 4) is 0 Å². The number of aromatic nitrogens is 1. The molecule has 1 aromatic carbocycles. The highest BCUT2D eigenvalue weighted by atomic mass is 16.2. The second-order valence-corrected chi connectivity index (χ2v) is 7.12. The molecule has 0 saturated carbocycles. The van der Waals surface area contributed by atoms with Crippen molar-refractivity contribution in [1.29, 1.82) is 0 Å². The highest BCUT2D eigenvalue weighted by Crippen LogP contribution is 2.10. The van der Waals surface area contributed by atoms with Crippen molar-refractivity contribution in [3.05, 3.63) is 70.1 Å². The molecule has 1 amide bonds. The van der Waals surface area contributed by atoms with E-state index in [1.807, 2.05) is 17.9 Å². The van der Waals surface area contributed by atoms with E-state index in [4.69, 9.17) is 0 Å². The molecule has 144 valence electrons. The molecular formula is C22H29N3O2. The van der Waals surface area contributed by atoms with Crippen LogP contribution in [0.4, 0.5) is 0 Å². The van der Waals surface area contributed by atoms with Crippen LogP contribution in [-0.2, 0) is 13.0 Å². The maximum atomic E-state index is 12.8. The Morgan fingerprint density at radius 1 is 1.04 bits per heavy atom. The summed E-state index contributed by atoms with van der Waals surface area (Å²) in [4.78, 5) is 29.1. The van der Waals surface area contributed by atoms with Gasteiger partial charge in [-0.3, -0.25) is 9.59 Å². The van der Waals surface area contributed by atoms with Crippen LogP contribution in [0.2, 0.25) is 0 Å². The van der Waals surface area contributed by atoms with Crippen molar-refractivity contribution in [2.45, 2.75) is 32.7 Å². The summed E-state index contributed by atoms with van der Waals surface area (Å²) in [6, 6.07) is 13.8. The number of pyridine rings is 1. The third kappa shape index (κ3) is 5.30. The molecule has 27 heavy (non-hydrogen) atoms. The summed E-state index contributed by atoms with van der Waals surface area (Å²) in [6.07, 6.45) is 4.91. The van der Waals surface area contributed by atoms with Crippen molar-refractivity contribution in [1.82, 2.24) is 14.4 Å². The Morgan fingerprint density at radius 2 is 1.85 bits per heavy atom. The van der Waals surface area contributed by atoms with Crippen molar-refractivity contribution >= 4 is 5.91 Å². The average Bonchev–Trinajstić information content (AvgIpc) is 2.94. The first kappa shape index (κ1) is 19.4. The predicted molar refractivity (Wildman–Crippen MR) is 108 cm³/mol. The molecule has 1 saturated heterocycles. The number of rotatable bonds is 6. The van der Waals surface area contributed by atoms with Crippen LogP contribution in [0, 0.1) is 0 Å². The van der Waals surface area contributed by atoms with E-state index in [1.54, 1.807) is 16.8 Å². The molecule has 1 aromatic heterocycles. The molecule has 1 aliphatic rings. The van der Waals surface area contributed by atoms with Gasteiger partial charge in [-0.2, -0.15) is 0 Å². The van der Waals surface area contributed by atoms with Gasteiger partial charge in [-0.25, -0.2) is 0 Å². The molecule has 5 nitrogen and oxygen atoms in total. The largest absolute Gasteiger partial charge is 0.337 e. The number of carbonyl (C=O) groups excluding carboxylic acids is 1. The molecule has 3 rings (SSSR count). The number of carbonyl (C=O) groups is 1. The second kappa shape index (κ2) is 9.51. The smallest absolute Gasteiger partial charge is 0.254 e. The molecular weight excluding hydrogens is 338 g/mol. The fourth-order valence-corrected chi connectivity index (χ4v) is 3.63. The Labute approximate surface area is 161 Å². The lowest BCUT2D eigenvalue weighted by Gasteiger charge is -2.22. The first-order valence-electron chi connectivity index (χ1n) is 9.93. The minimum absolute atomic E-state index is 0.0264. The summed E-state index contributed by atoms with van der Waals surface area (Å²) in [7, 11) is 0. The number of amides is 1. The van der Waals surface area contributed by atoms with Gasteiger partial charge in [-0.05, 0) is 50.9 Å². The summed E-state index contributed by atoms with van der Waals surface area (Å²) in [5.74, 6) is -0.0264. The zero-order valence-electron chi connectivity index (χ0n) is 16.1. The van der Waals surface area contributed by atoms with Crippen LogP contribution in [0.3, 0.4) is 0 Å². The first-order chi connectivity index (χ1) is 13.2. The average molecular weight is 367 g/mol. The molecule has 0 radical (unpaired) electrons. The third-order valence-electron chi connectivity index (χ3n) is 5.24. The van der Waals surface area contributed by atoms with Gasteiger partial charge in [0.2, 0.25) is 0 Å². The monoisotopic (exact) mass is 367 g/mol. The van der Waals surface area contributed by atoms with Gasteiger partial charge >= 0.3 is 0 Å². The molecule has 1 fully saturated rings. The van der Waals surface area contributed by atoms with Gasteiger partial charge in [0, 0.05) is 44.0 Å². The predicted octanol–water partition coefficient (Wildman–Crippen LogP) is 2.65. The Kier molecular flexibility index (Phi) is 6.82. The number of benzene rings is 1. The standard InChI is InChI=1S/C22H29N3O2/c1-2-24-15-11-20(18-21(24)26)22(27)25-14-7-13-23(16-17-25)12-6-10-19-8-4-3-5-9-19/h3-5,8-9,11,15,18H,2,6-7,10,12-14,16-17H2,1H3. The molecule has 0 aliphatic carbocycles. The van der Waals surface area contributed by atoms with Crippen LogP contribution in [0.25, 0.3) is 0 Å². The van der Waals surface area contributed by atoms with Crippen molar-refractivity contribution in [2.24, 2.45) is 0 Å². The number of nitrogens with zero attached hydrogens (tertiary/aromatic N) is 3. The van der Waals surface area contributed by atoms with E-state index in [9.17, 15) is 9.59 Å². The summed E-state index contributed by atoms with van der Waals surface area (Å²) in [5, 5.41) is 0. The lowest BCUT2D eigenvalue weighted by molar-refractivity contribution is 0.0761. The van der Waals surface area contributed by atoms with Gasteiger partial charge < -0.3 is 14.4 Å². The van der Waals surface area contributed by atoms with Crippen LogP contribution >= 0.6 is 0 Å². The van der Waals surface area contributed by atoms with E-state index in [0.717, 1.165) is 52.0 Å². The Balaban J connectivity index is 1.51. The van der Waals surface area contributed by atoms with Gasteiger partial charge in [0.05, 0.1) is 0 Å². The van der Waals surface area contributed by atoms with Crippen LogP contribution in [0.15, 0.2) is 53.5 Å². The molecule has 2 aromatic rings. The molecule has 5 heteroatoms. The normalized spacial score (nSPS) is 15.5. The van der Waals surface area contributed by atoms with Gasteiger partial charge in [-0.1, -0.05) is 30.3 Å². The number of hydrogen-bond donors (Lipinski definition) is 0. The highest BCUT2D eigenvalue weighted by molar-refractivity contribution is 5.94. The molecule has 0 unspecified atom stereocenters. The van der Waals surface area contributed by atoms with Crippen LogP contribution < -0.4 is 5.56 Å². The van der Waals surface area contributed by atoms with Gasteiger partial charge in [-0.15, -0.1) is 0 Å². The van der Waals surface area contributed by atoms with Crippen LogP contribution in [-0.4, -0.2) is 53.0 Å². The molecule has 2 heterocycles. The zero-order chi connectivity index (χ0) is 19.1. The maximum Gasteiger partial charge on any atom is 0.254 e. The summed E-state index contributed by atoms with van der Waals surface area (Å²) >= 11 is 0. The van der Waals surface area contributed by atoms with E-state index in [2.05, 4.69) is 29.2 Å². The molecule has 0 bridgehead atoms. The second-order valence-electron chi connectivity index (χ2n) is 7.12. The topological polar surface area (TPSA) is 45.6 Å². The molecule has 0 N–H and O–H groups in total. The first-order valence-corrected chi connectivity index (χ1v) is 9.93. The van der Waals surface area contributed by atoms with E-state index in [0.29, 0.717) is 12.1 Å². The third-order valence-corrected chi connectivity index (χ3v) is 5.24. The van der Waals surface area contributed by atoms with E-state index >= 15 is 0 Å². The van der Waals surface area contributed by atoms with Crippen LogP contribution in [0.5, 0.6) is 0 Å². The van der Waals surface area contributed by atoms with Crippen LogP contribution in [0.1, 0.15) is 35.7 Å². The zero-order valence-corrected chi connectivity index (χ0v) is 16.1. The number of aryl methyl sites for hydroxylation is 2. The number of hydrogen-bond acceptors (Lipinski definition) is 3. The minimum Gasteiger partial charge on any atom is -0.337 e. The molecule has 0 atom stereocenters.